The summed E-state index contributed by atoms with van der Waals surface area (Å²) in [6, 6.07) is 10.1. The van der Waals surface area contributed by atoms with E-state index in [4.69, 9.17) is 27.9 Å². The Morgan fingerprint density at radius 3 is 2.13 bits per heavy atom. The van der Waals surface area contributed by atoms with E-state index in [2.05, 4.69) is 5.32 Å². The summed E-state index contributed by atoms with van der Waals surface area (Å²) in [4.78, 5) is 27.4. The van der Waals surface area contributed by atoms with Gasteiger partial charge in [-0.05, 0) is 82.5 Å². The normalized spacial score (nSPS) is 12.3. The first-order chi connectivity index (χ1) is 14.4. The maximum absolute atomic E-state index is 13.1. The molecular formula is C24H30Cl2N2O3. The van der Waals surface area contributed by atoms with Gasteiger partial charge in [-0.3, -0.25) is 9.59 Å². The highest BCUT2D eigenvalue weighted by Crippen LogP contribution is 2.26. The number of nitrogens with zero attached hydrogens (tertiary/aromatic N) is 1. The molecule has 0 radical (unpaired) electrons. The quantitative estimate of drug-likeness (QED) is 0.602. The number of amides is 2. The molecule has 0 aliphatic carbocycles. The first-order valence-corrected chi connectivity index (χ1v) is 10.9. The van der Waals surface area contributed by atoms with Crippen molar-refractivity contribution in [2.75, 3.05) is 6.61 Å². The lowest BCUT2D eigenvalue weighted by Crippen LogP contribution is -2.53. The fourth-order valence-corrected chi connectivity index (χ4v) is 3.30. The highest BCUT2D eigenvalue weighted by Gasteiger charge is 2.28. The summed E-state index contributed by atoms with van der Waals surface area (Å²) < 4.78 is 5.75. The first kappa shape index (κ1) is 25.0. The largest absolute Gasteiger partial charge is 0.484 e. The van der Waals surface area contributed by atoms with Crippen LogP contribution in [0.5, 0.6) is 5.75 Å². The Morgan fingerprint density at radius 2 is 1.61 bits per heavy atom. The zero-order valence-electron chi connectivity index (χ0n) is 18.9. The van der Waals surface area contributed by atoms with Crippen LogP contribution < -0.4 is 10.1 Å². The van der Waals surface area contributed by atoms with Gasteiger partial charge in [-0.2, -0.15) is 0 Å². The number of hydrogen-bond acceptors (Lipinski definition) is 3. The van der Waals surface area contributed by atoms with Gasteiger partial charge in [0.25, 0.3) is 5.91 Å². The predicted molar refractivity (Wildman–Crippen MR) is 126 cm³/mol. The summed E-state index contributed by atoms with van der Waals surface area (Å²) in [5.41, 5.74) is 2.21. The molecule has 0 bridgehead atoms. The number of aryl methyl sites for hydroxylation is 2. The summed E-state index contributed by atoms with van der Waals surface area (Å²) in [5, 5.41) is 4.22. The van der Waals surface area contributed by atoms with Crippen molar-refractivity contribution in [1.29, 1.82) is 0 Å². The molecule has 2 aromatic rings. The molecule has 7 heteroatoms. The Balaban J connectivity index is 2.20. The van der Waals surface area contributed by atoms with Crippen LogP contribution in [0, 0.1) is 13.8 Å². The minimum atomic E-state index is -0.681. The Bertz CT molecular complexity index is 914. The van der Waals surface area contributed by atoms with Crippen LogP contribution in [-0.4, -0.2) is 34.9 Å². The number of carbonyl (C=O) groups excluding carboxylic acids is 2. The smallest absolute Gasteiger partial charge is 0.261 e. The number of nitrogens with one attached hydrogen (secondary N) is 1. The van der Waals surface area contributed by atoms with E-state index in [1.165, 1.54) is 4.90 Å². The van der Waals surface area contributed by atoms with Gasteiger partial charge in [0.1, 0.15) is 11.8 Å². The van der Waals surface area contributed by atoms with Crippen molar-refractivity contribution in [3.05, 3.63) is 63.1 Å². The van der Waals surface area contributed by atoms with Gasteiger partial charge in [-0.25, -0.2) is 0 Å². The van der Waals surface area contributed by atoms with Crippen LogP contribution in [0.2, 0.25) is 10.0 Å². The van der Waals surface area contributed by atoms with E-state index in [0.717, 1.165) is 16.7 Å². The average Bonchev–Trinajstić information content (AvgIpc) is 2.67. The fourth-order valence-electron chi connectivity index (χ4n) is 3.06. The third-order valence-electron chi connectivity index (χ3n) is 4.70. The van der Waals surface area contributed by atoms with Gasteiger partial charge in [0.15, 0.2) is 6.61 Å². The van der Waals surface area contributed by atoms with Crippen molar-refractivity contribution in [2.45, 2.75) is 59.7 Å². The van der Waals surface area contributed by atoms with Gasteiger partial charge < -0.3 is 15.0 Å². The molecule has 0 saturated carbocycles. The van der Waals surface area contributed by atoms with Crippen molar-refractivity contribution in [3.63, 3.8) is 0 Å². The third-order valence-corrected chi connectivity index (χ3v) is 5.55. The lowest BCUT2D eigenvalue weighted by Gasteiger charge is -2.31. The molecule has 0 fully saturated rings. The number of rotatable bonds is 7. The Morgan fingerprint density at radius 1 is 1.06 bits per heavy atom. The Kier molecular flexibility index (Phi) is 8.38. The summed E-state index contributed by atoms with van der Waals surface area (Å²) in [7, 11) is 0. The van der Waals surface area contributed by atoms with Gasteiger partial charge in [0.2, 0.25) is 5.91 Å². The number of benzene rings is 2. The van der Waals surface area contributed by atoms with E-state index in [0.29, 0.717) is 15.8 Å². The SMILES string of the molecule is Cc1cc(OCC(=O)N(Cc2ccc(Cl)cc2)C(C)C(=O)NC(C)(C)C)cc(C)c1Cl. The molecule has 0 heterocycles. The summed E-state index contributed by atoms with van der Waals surface area (Å²) in [6.45, 7) is 11.3. The van der Waals surface area contributed by atoms with E-state index in [1.807, 2.05) is 46.8 Å². The van der Waals surface area contributed by atoms with Crippen molar-refractivity contribution in [2.24, 2.45) is 0 Å². The zero-order chi connectivity index (χ0) is 23.3. The third kappa shape index (κ3) is 7.44. The summed E-state index contributed by atoms with van der Waals surface area (Å²) in [6.07, 6.45) is 0. The maximum Gasteiger partial charge on any atom is 0.261 e. The van der Waals surface area contributed by atoms with E-state index in [-0.39, 0.29) is 25.0 Å². The minimum Gasteiger partial charge on any atom is -0.484 e. The van der Waals surface area contributed by atoms with Gasteiger partial charge in [-0.1, -0.05) is 35.3 Å². The lowest BCUT2D eigenvalue weighted by molar-refractivity contribution is -0.142. The first-order valence-electron chi connectivity index (χ1n) is 10.1. The second-order valence-corrected chi connectivity index (χ2v) is 9.54. The van der Waals surface area contributed by atoms with Crippen molar-refractivity contribution >= 4 is 35.0 Å². The Labute approximate surface area is 194 Å². The maximum atomic E-state index is 13.1. The highest BCUT2D eigenvalue weighted by atomic mass is 35.5. The molecule has 0 aliphatic rings. The molecular weight excluding hydrogens is 435 g/mol. The van der Waals surface area contributed by atoms with Crippen molar-refractivity contribution < 1.29 is 14.3 Å². The molecule has 31 heavy (non-hydrogen) atoms. The number of carbonyl (C=O) groups is 2. The van der Waals surface area contributed by atoms with E-state index in [1.54, 1.807) is 31.2 Å². The molecule has 0 aromatic heterocycles. The molecule has 0 spiro atoms. The van der Waals surface area contributed by atoms with Crippen molar-refractivity contribution in [1.82, 2.24) is 10.2 Å². The molecule has 1 unspecified atom stereocenters. The molecule has 0 aliphatic heterocycles. The molecule has 2 rings (SSSR count). The van der Waals surface area contributed by atoms with Gasteiger partial charge >= 0.3 is 0 Å². The van der Waals surface area contributed by atoms with E-state index < -0.39 is 11.6 Å². The second-order valence-electron chi connectivity index (χ2n) is 8.72. The standard InChI is InChI=1S/C24H30Cl2N2O3/c1-15-11-20(12-16(2)22(15)26)31-14-21(29)28(13-18-7-9-19(25)10-8-18)17(3)23(30)27-24(4,5)6/h7-12,17H,13-14H2,1-6H3,(H,27,30). The highest BCUT2D eigenvalue weighted by molar-refractivity contribution is 6.32. The fraction of sp³-hybridized carbons (Fsp3) is 0.417. The lowest BCUT2D eigenvalue weighted by atomic mass is 10.1. The monoisotopic (exact) mass is 464 g/mol. The molecule has 1 atom stereocenters. The molecule has 1 N–H and O–H groups in total. The minimum absolute atomic E-state index is 0.193. The van der Waals surface area contributed by atoms with Gasteiger partial charge in [0, 0.05) is 22.1 Å². The van der Waals surface area contributed by atoms with Crippen LogP contribution in [0.3, 0.4) is 0 Å². The number of ether oxygens (including phenoxy) is 1. The zero-order valence-corrected chi connectivity index (χ0v) is 20.4. The van der Waals surface area contributed by atoms with Crippen LogP contribution in [0.4, 0.5) is 0 Å². The number of hydrogen-bond donors (Lipinski definition) is 1. The van der Waals surface area contributed by atoms with Gasteiger partial charge in [0.05, 0.1) is 0 Å². The summed E-state index contributed by atoms with van der Waals surface area (Å²) in [5.74, 6) is 0.0377. The molecule has 168 valence electrons. The van der Waals surface area contributed by atoms with E-state index >= 15 is 0 Å². The van der Waals surface area contributed by atoms with Gasteiger partial charge in [-0.15, -0.1) is 0 Å². The van der Waals surface area contributed by atoms with Crippen LogP contribution in [0.25, 0.3) is 0 Å². The molecule has 0 saturated heterocycles. The average molecular weight is 465 g/mol. The van der Waals surface area contributed by atoms with Crippen molar-refractivity contribution in [3.8, 4) is 5.75 Å². The molecule has 2 aromatic carbocycles. The topological polar surface area (TPSA) is 58.6 Å². The predicted octanol–water partition coefficient (Wildman–Crippen LogP) is 5.32. The van der Waals surface area contributed by atoms with Crippen LogP contribution >= 0.6 is 23.2 Å². The second kappa shape index (κ2) is 10.4. The summed E-state index contributed by atoms with van der Waals surface area (Å²) >= 11 is 12.2. The number of halogens is 2. The van der Waals surface area contributed by atoms with E-state index in [9.17, 15) is 9.59 Å². The van der Waals surface area contributed by atoms with Crippen LogP contribution in [0.15, 0.2) is 36.4 Å². The van der Waals surface area contributed by atoms with Crippen LogP contribution in [-0.2, 0) is 16.1 Å². The van der Waals surface area contributed by atoms with Crippen LogP contribution in [0.1, 0.15) is 44.4 Å². The Hall–Kier alpha value is -2.24. The molecule has 2 amide bonds. The molecule has 5 nitrogen and oxygen atoms in total.